The highest BCUT2D eigenvalue weighted by Crippen LogP contribution is 2.33. The van der Waals surface area contributed by atoms with E-state index in [1.54, 1.807) is 18.2 Å². The lowest BCUT2D eigenvalue weighted by atomic mass is 9.98. The second-order valence-corrected chi connectivity index (χ2v) is 9.77. The number of nitrogens with one attached hydrogen (secondary N) is 2. The second kappa shape index (κ2) is 9.32. The maximum atomic E-state index is 12.7. The number of thiophene rings is 1. The van der Waals surface area contributed by atoms with Gasteiger partial charge in [0, 0.05) is 16.6 Å². The fourth-order valence-electron chi connectivity index (χ4n) is 3.41. The van der Waals surface area contributed by atoms with Crippen molar-refractivity contribution in [3.05, 3.63) is 39.0 Å². The molecule has 1 aromatic carbocycles. The van der Waals surface area contributed by atoms with Crippen molar-refractivity contribution in [1.82, 2.24) is 9.97 Å². The lowest BCUT2D eigenvalue weighted by Crippen LogP contribution is -2.17. The summed E-state index contributed by atoms with van der Waals surface area (Å²) in [6.07, 6.45) is 1.94. The van der Waals surface area contributed by atoms with E-state index in [0.29, 0.717) is 46.9 Å². The van der Waals surface area contributed by atoms with Crippen LogP contribution < -0.4 is 20.3 Å². The second-order valence-electron chi connectivity index (χ2n) is 7.60. The number of carbonyl (C=O) groups excluding carboxylic acids is 1. The van der Waals surface area contributed by atoms with Gasteiger partial charge in [-0.1, -0.05) is 32.0 Å². The molecule has 0 fully saturated rings. The minimum Gasteiger partial charge on any atom is -0.486 e. The largest absolute Gasteiger partial charge is 0.486 e. The molecule has 1 aliphatic rings. The van der Waals surface area contributed by atoms with E-state index in [0.717, 1.165) is 28.1 Å². The minimum atomic E-state index is -0.191. The average Bonchev–Trinajstić information content (AvgIpc) is 3.07. The Balaban J connectivity index is 1.44. The molecule has 0 spiro atoms. The molecule has 164 valence electrons. The zero-order chi connectivity index (χ0) is 22.0. The number of aromatic amines is 1. The number of carbonyl (C=O) groups is 1. The normalized spacial score (nSPS) is 13.9. The number of hydrogen-bond donors (Lipinski definition) is 2. The Morgan fingerprint density at radius 1 is 1.32 bits per heavy atom. The smallest absolute Gasteiger partial charge is 0.260 e. The van der Waals surface area contributed by atoms with Crippen LogP contribution in [0.1, 0.15) is 30.7 Å². The lowest BCUT2D eigenvalue weighted by Gasteiger charge is -2.18. The molecule has 0 saturated heterocycles. The molecule has 2 aromatic heterocycles. The number of H-pyrrole nitrogens is 1. The zero-order valence-corrected chi connectivity index (χ0v) is 19.4. The first-order valence-electron chi connectivity index (χ1n) is 10.3. The molecule has 31 heavy (non-hydrogen) atoms. The van der Waals surface area contributed by atoms with Crippen LogP contribution in [0.15, 0.2) is 28.2 Å². The standard InChI is InChI=1S/C22H25N3O4S2/c1-4-12(2)9-15-13(3)31-21-19(15)20(27)24-22(25-21)30-11-18(26)23-14-5-6-16-17(10-14)29-8-7-28-16/h5-6,10,12H,4,7-9,11H2,1-3H3,(H,23,26)(H,24,25,27)/t12-/m0/s1. The summed E-state index contributed by atoms with van der Waals surface area (Å²) in [6, 6.07) is 5.30. The summed E-state index contributed by atoms with van der Waals surface area (Å²) in [5.41, 5.74) is 1.59. The van der Waals surface area contributed by atoms with Crippen molar-refractivity contribution in [3.8, 4) is 11.5 Å². The maximum absolute atomic E-state index is 12.7. The third kappa shape index (κ3) is 4.88. The van der Waals surface area contributed by atoms with E-state index in [2.05, 4.69) is 29.1 Å². The van der Waals surface area contributed by atoms with Crippen LogP contribution in [0.5, 0.6) is 11.5 Å². The monoisotopic (exact) mass is 459 g/mol. The number of aromatic nitrogens is 2. The van der Waals surface area contributed by atoms with Crippen molar-refractivity contribution in [1.29, 1.82) is 0 Å². The number of benzene rings is 1. The van der Waals surface area contributed by atoms with Gasteiger partial charge in [0.25, 0.3) is 5.56 Å². The zero-order valence-electron chi connectivity index (χ0n) is 17.7. The molecule has 7 nitrogen and oxygen atoms in total. The molecular weight excluding hydrogens is 434 g/mol. The van der Waals surface area contributed by atoms with Gasteiger partial charge in [-0.2, -0.15) is 0 Å². The van der Waals surface area contributed by atoms with Gasteiger partial charge in [0.15, 0.2) is 16.7 Å². The van der Waals surface area contributed by atoms with Crippen molar-refractivity contribution < 1.29 is 14.3 Å². The van der Waals surface area contributed by atoms with E-state index in [9.17, 15) is 9.59 Å². The summed E-state index contributed by atoms with van der Waals surface area (Å²) in [5, 5.41) is 3.98. The van der Waals surface area contributed by atoms with E-state index in [1.807, 2.05) is 6.92 Å². The van der Waals surface area contributed by atoms with Crippen molar-refractivity contribution in [2.24, 2.45) is 5.92 Å². The van der Waals surface area contributed by atoms with E-state index < -0.39 is 0 Å². The summed E-state index contributed by atoms with van der Waals surface area (Å²) in [4.78, 5) is 34.4. The van der Waals surface area contributed by atoms with Gasteiger partial charge in [0.2, 0.25) is 5.91 Å². The number of anilines is 1. The molecule has 0 bridgehead atoms. The van der Waals surface area contributed by atoms with Crippen LogP contribution >= 0.6 is 23.1 Å². The number of aryl methyl sites for hydroxylation is 1. The van der Waals surface area contributed by atoms with Crippen LogP contribution in [-0.2, 0) is 11.2 Å². The van der Waals surface area contributed by atoms with Crippen molar-refractivity contribution >= 4 is 44.9 Å². The molecule has 3 aromatic rings. The lowest BCUT2D eigenvalue weighted by molar-refractivity contribution is -0.113. The molecule has 0 radical (unpaired) electrons. The first-order chi connectivity index (χ1) is 14.9. The number of amides is 1. The molecular formula is C22H25N3O4S2. The summed E-state index contributed by atoms with van der Waals surface area (Å²) < 4.78 is 11.0. The van der Waals surface area contributed by atoms with Crippen molar-refractivity contribution in [3.63, 3.8) is 0 Å². The fourth-order valence-corrected chi connectivity index (χ4v) is 5.19. The van der Waals surface area contributed by atoms with Gasteiger partial charge in [-0.05, 0) is 37.0 Å². The first kappa shape index (κ1) is 21.7. The van der Waals surface area contributed by atoms with Crippen molar-refractivity contribution in [2.45, 2.75) is 38.8 Å². The summed E-state index contributed by atoms with van der Waals surface area (Å²) in [6.45, 7) is 7.39. The Morgan fingerprint density at radius 3 is 2.87 bits per heavy atom. The molecule has 2 N–H and O–H groups in total. The number of hydrogen-bond acceptors (Lipinski definition) is 7. The number of ether oxygens (including phenoxy) is 2. The number of fused-ring (bicyclic) bond motifs is 2. The molecule has 1 aliphatic heterocycles. The minimum absolute atomic E-state index is 0.132. The number of nitrogens with zero attached hydrogens (tertiary/aromatic N) is 1. The first-order valence-corrected chi connectivity index (χ1v) is 12.1. The molecule has 0 unspecified atom stereocenters. The molecule has 4 rings (SSSR count). The van der Waals surface area contributed by atoms with Crippen LogP contribution in [0.4, 0.5) is 5.69 Å². The van der Waals surface area contributed by atoms with Crippen LogP contribution in [-0.4, -0.2) is 34.8 Å². The van der Waals surface area contributed by atoms with E-state index in [4.69, 9.17) is 9.47 Å². The van der Waals surface area contributed by atoms with E-state index >= 15 is 0 Å². The van der Waals surface area contributed by atoms with Gasteiger partial charge < -0.3 is 19.8 Å². The number of rotatable bonds is 7. The summed E-state index contributed by atoms with van der Waals surface area (Å²) in [7, 11) is 0. The van der Waals surface area contributed by atoms with Crippen LogP contribution in [0.2, 0.25) is 0 Å². The van der Waals surface area contributed by atoms with Gasteiger partial charge >= 0.3 is 0 Å². The highest BCUT2D eigenvalue weighted by molar-refractivity contribution is 7.99. The predicted octanol–water partition coefficient (Wildman–Crippen LogP) is 4.38. The predicted molar refractivity (Wildman–Crippen MR) is 125 cm³/mol. The van der Waals surface area contributed by atoms with Gasteiger partial charge in [-0.3, -0.25) is 9.59 Å². The highest BCUT2D eigenvalue weighted by atomic mass is 32.2. The van der Waals surface area contributed by atoms with Gasteiger partial charge in [0.1, 0.15) is 18.0 Å². The van der Waals surface area contributed by atoms with Gasteiger partial charge in [0.05, 0.1) is 11.1 Å². The molecule has 1 atom stereocenters. The quantitative estimate of drug-likeness (QED) is 0.402. The third-order valence-electron chi connectivity index (χ3n) is 5.26. The van der Waals surface area contributed by atoms with Crippen LogP contribution in [0, 0.1) is 12.8 Å². The van der Waals surface area contributed by atoms with Gasteiger partial charge in [-0.15, -0.1) is 11.3 Å². The Kier molecular flexibility index (Phi) is 6.52. The molecule has 0 saturated carbocycles. The van der Waals surface area contributed by atoms with Crippen LogP contribution in [0.3, 0.4) is 0 Å². The summed E-state index contributed by atoms with van der Waals surface area (Å²) in [5.74, 6) is 1.74. The Labute approximate surface area is 188 Å². The Morgan fingerprint density at radius 2 is 2.10 bits per heavy atom. The van der Waals surface area contributed by atoms with Crippen LogP contribution in [0.25, 0.3) is 10.2 Å². The molecule has 1 amide bonds. The summed E-state index contributed by atoms with van der Waals surface area (Å²) >= 11 is 2.75. The molecule has 0 aliphatic carbocycles. The molecule has 3 heterocycles. The number of thioether (sulfide) groups is 1. The molecule has 9 heteroatoms. The fraction of sp³-hybridized carbons (Fsp3) is 0.409. The topological polar surface area (TPSA) is 93.3 Å². The van der Waals surface area contributed by atoms with Gasteiger partial charge in [-0.25, -0.2) is 4.98 Å². The van der Waals surface area contributed by atoms with E-state index in [1.165, 1.54) is 23.1 Å². The third-order valence-corrected chi connectivity index (χ3v) is 7.17. The van der Waals surface area contributed by atoms with E-state index in [-0.39, 0.29) is 17.2 Å². The Bertz CT molecular complexity index is 1170. The highest BCUT2D eigenvalue weighted by Gasteiger charge is 2.18. The average molecular weight is 460 g/mol. The Hall–Kier alpha value is -2.52. The SMILES string of the molecule is CC[C@H](C)Cc1c(C)sc2nc(SCC(=O)Nc3ccc4c(c3)OCCO4)[nH]c(=O)c12. The van der Waals surface area contributed by atoms with Crippen molar-refractivity contribution in [2.75, 3.05) is 24.3 Å². The maximum Gasteiger partial charge on any atom is 0.260 e.